The molecule has 0 radical (unpaired) electrons. The van der Waals surface area contributed by atoms with Crippen LogP contribution in [0.5, 0.6) is 0 Å². The predicted octanol–water partition coefficient (Wildman–Crippen LogP) is 1.56. The minimum Gasteiger partial charge on any atom is -0.330 e. The first-order valence-electron chi connectivity index (χ1n) is 4.68. The lowest BCUT2D eigenvalue weighted by atomic mass is 10.1. The lowest BCUT2D eigenvalue weighted by Crippen LogP contribution is -2.21. The maximum Gasteiger partial charge on any atom is 0.146 e. The Labute approximate surface area is 79.2 Å². The molecule has 0 saturated heterocycles. The lowest BCUT2D eigenvalue weighted by molar-refractivity contribution is 0.671. The van der Waals surface area contributed by atoms with Gasteiger partial charge in [0.15, 0.2) is 0 Å². The summed E-state index contributed by atoms with van der Waals surface area (Å²) >= 11 is 0. The van der Waals surface area contributed by atoms with E-state index in [1.165, 1.54) is 0 Å². The topological polar surface area (TPSA) is 30.2 Å². The van der Waals surface area contributed by atoms with Crippen molar-refractivity contribution in [1.29, 1.82) is 0 Å². The molecule has 72 valence electrons. The highest BCUT2D eigenvalue weighted by Crippen LogP contribution is 2.07. The number of hydrogen-bond donors (Lipinski definition) is 0. The molecule has 0 bridgehead atoms. The summed E-state index contributed by atoms with van der Waals surface area (Å²) in [6, 6.07) is 0. The third-order valence-electron chi connectivity index (χ3n) is 2.07. The highest BCUT2D eigenvalue weighted by Gasteiger charge is 2.01. The van der Waals surface area contributed by atoms with E-state index in [0.717, 1.165) is 17.7 Å². The smallest absolute Gasteiger partial charge is 0.146 e. The van der Waals surface area contributed by atoms with Crippen molar-refractivity contribution < 1.29 is 0 Å². The summed E-state index contributed by atoms with van der Waals surface area (Å²) in [7, 11) is 1.79. The average molecular weight is 179 g/mol. The SMILES string of the molecule is CCn1cc(C(C)C)ncc1=NC. The Morgan fingerprint density at radius 1 is 1.54 bits per heavy atom. The number of rotatable bonds is 2. The molecular weight excluding hydrogens is 162 g/mol. The van der Waals surface area contributed by atoms with Crippen LogP contribution in [-0.2, 0) is 6.54 Å². The Bertz CT molecular complexity index is 336. The third-order valence-corrected chi connectivity index (χ3v) is 2.07. The molecule has 0 unspecified atom stereocenters. The van der Waals surface area contributed by atoms with E-state index in [2.05, 4.69) is 41.5 Å². The number of nitrogens with zero attached hydrogens (tertiary/aromatic N) is 3. The number of aromatic nitrogens is 2. The number of aryl methyl sites for hydroxylation is 1. The summed E-state index contributed by atoms with van der Waals surface area (Å²) in [5.74, 6) is 0.476. The molecule has 3 heteroatoms. The van der Waals surface area contributed by atoms with Crippen LogP contribution in [0.25, 0.3) is 0 Å². The number of hydrogen-bond acceptors (Lipinski definition) is 2. The fourth-order valence-electron chi connectivity index (χ4n) is 1.20. The van der Waals surface area contributed by atoms with Crippen LogP contribution in [0.15, 0.2) is 17.4 Å². The average Bonchev–Trinajstić information content (AvgIpc) is 2.16. The molecule has 0 atom stereocenters. The van der Waals surface area contributed by atoms with Crippen molar-refractivity contribution in [2.75, 3.05) is 7.05 Å². The molecule has 3 nitrogen and oxygen atoms in total. The summed E-state index contributed by atoms with van der Waals surface area (Å²) in [4.78, 5) is 8.49. The van der Waals surface area contributed by atoms with Crippen LogP contribution in [0.4, 0.5) is 0 Å². The van der Waals surface area contributed by atoms with E-state index in [9.17, 15) is 0 Å². The lowest BCUT2D eigenvalue weighted by Gasteiger charge is -2.08. The van der Waals surface area contributed by atoms with Crippen molar-refractivity contribution in [3.05, 3.63) is 23.6 Å². The largest absolute Gasteiger partial charge is 0.330 e. The van der Waals surface area contributed by atoms with Crippen molar-refractivity contribution in [3.8, 4) is 0 Å². The highest BCUT2D eigenvalue weighted by molar-refractivity contribution is 5.01. The Morgan fingerprint density at radius 3 is 2.69 bits per heavy atom. The fraction of sp³-hybridized carbons (Fsp3) is 0.600. The van der Waals surface area contributed by atoms with Gasteiger partial charge in [-0.15, -0.1) is 0 Å². The Kier molecular flexibility index (Phi) is 3.23. The highest BCUT2D eigenvalue weighted by atomic mass is 15.0. The van der Waals surface area contributed by atoms with Crippen LogP contribution in [0, 0.1) is 0 Å². The minimum absolute atomic E-state index is 0.476. The second-order valence-corrected chi connectivity index (χ2v) is 3.33. The first-order valence-corrected chi connectivity index (χ1v) is 4.68. The van der Waals surface area contributed by atoms with Crippen LogP contribution in [0.3, 0.4) is 0 Å². The maximum absolute atomic E-state index is 4.34. The molecule has 0 aliphatic carbocycles. The first-order chi connectivity index (χ1) is 6.19. The van der Waals surface area contributed by atoms with E-state index in [1.54, 1.807) is 7.05 Å². The van der Waals surface area contributed by atoms with Crippen LogP contribution >= 0.6 is 0 Å². The minimum atomic E-state index is 0.476. The summed E-state index contributed by atoms with van der Waals surface area (Å²) in [6.07, 6.45) is 3.91. The molecular formula is C10H17N3. The van der Waals surface area contributed by atoms with Gasteiger partial charge in [-0.2, -0.15) is 0 Å². The Balaban J connectivity index is 3.22. The van der Waals surface area contributed by atoms with E-state index in [4.69, 9.17) is 0 Å². The van der Waals surface area contributed by atoms with Crippen molar-refractivity contribution in [2.24, 2.45) is 4.99 Å². The monoisotopic (exact) mass is 179 g/mol. The molecule has 1 aromatic rings. The van der Waals surface area contributed by atoms with Gasteiger partial charge in [0, 0.05) is 19.8 Å². The van der Waals surface area contributed by atoms with Crippen LogP contribution in [0.2, 0.25) is 0 Å². The zero-order valence-electron chi connectivity index (χ0n) is 8.78. The van der Waals surface area contributed by atoms with Gasteiger partial charge in [0.1, 0.15) is 5.49 Å². The third kappa shape index (κ3) is 2.17. The van der Waals surface area contributed by atoms with Crippen LogP contribution < -0.4 is 5.49 Å². The normalized spacial score (nSPS) is 12.5. The van der Waals surface area contributed by atoms with Gasteiger partial charge in [0.25, 0.3) is 0 Å². The van der Waals surface area contributed by atoms with Gasteiger partial charge in [0.2, 0.25) is 0 Å². The van der Waals surface area contributed by atoms with Gasteiger partial charge in [-0.05, 0) is 12.8 Å². The molecule has 0 spiro atoms. The molecule has 1 aromatic heterocycles. The van der Waals surface area contributed by atoms with Gasteiger partial charge in [0.05, 0.1) is 11.9 Å². The summed E-state index contributed by atoms with van der Waals surface area (Å²) in [5.41, 5.74) is 2.06. The zero-order valence-corrected chi connectivity index (χ0v) is 8.78. The van der Waals surface area contributed by atoms with E-state index in [-0.39, 0.29) is 0 Å². The standard InChI is InChI=1S/C10H17N3/c1-5-13-7-9(8(2)3)12-6-10(13)11-4/h6-8H,5H2,1-4H3. The predicted molar refractivity (Wildman–Crippen MR) is 53.5 cm³/mol. The first kappa shape index (κ1) is 9.96. The van der Waals surface area contributed by atoms with Crippen molar-refractivity contribution in [3.63, 3.8) is 0 Å². The fourth-order valence-corrected chi connectivity index (χ4v) is 1.20. The van der Waals surface area contributed by atoms with E-state index in [1.807, 2.05) is 6.20 Å². The molecule has 0 aliphatic rings. The molecule has 0 amide bonds. The molecule has 1 rings (SSSR count). The molecule has 0 aliphatic heterocycles. The molecule has 0 saturated carbocycles. The second kappa shape index (κ2) is 4.21. The van der Waals surface area contributed by atoms with Crippen molar-refractivity contribution >= 4 is 0 Å². The van der Waals surface area contributed by atoms with Gasteiger partial charge < -0.3 is 4.57 Å². The zero-order chi connectivity index (χ0) is 9.84. The van der Waals surface area contributed by atoms with Gasteiger partial charge in [-0.25, -0.2) is 0 Å². The van der Waals surface area contributed by atoms with E-state index < -0.39 is 0 Å². The van der Waals surface area contributed by atoms with Crippen molar-refractivity contribution in [2.45, 2.75) is 33.2 Å². The van der Waals surface area contributed by atoms with E-state index in [0.29, 0.717) is 5.92 Å². The summed E-state index contributed by atoms with van der Waals surface area (Å²) in [6.45, 7) is 7.34. The Morgan fingerprint density at radius 2 is 2.23 bits per heavy atom. The maximum atomic E-state index is 4.34. The molecule has 0 fully saturated rings. The van der Waals surface area contributed by atoms with Crippen LogP contribution in [0.1, 0.15) is 32.4 Å². The Hall–Kier alpha value is -1.12. The van der Waals surface area contributed by atoms with Crippen molar-refractivity contribution in [1.82, 2.24) is 9.55 Å². The van der Waals surface area contributed by atoms with Crippen LogP contribution in [-0.4, -0.2) is 16.6 Å². The molecule has 13 heavy (non-hydrogen) atoms. The van der Waals surface area contributed by atoms with Gasteiger partial charge >= 0.3 is 0 Å². The second-order valence-electron chi connectivity index (χ2n) is 3.33. The van der Waals surface area contributed by atoms with Gasteiger partial charge in [-0.1, -0.05) is 13.8 Å². The molecule has 1 heterocycles. The van der Waals surface area contributed by atoms with Gasteiger partial charge in [-0.3, -0.25) is 9.98 Å². The molecule has 0 N–H and O–H groups in total. The molecule has 0 aromatic carbocycles. The summed E-state index contributed by atoms with van der Waals surface area (Å²) in [5, 5.41) is 0. The quantitative estimate of drug-likeness (QED) is 0.677. The summed E-state index contributed by atoms with van der Waals surface area (Å²) < 4.78 is 2.11. The van der Waals surface area contributed by atoms with E-state index >= 15 is 0 Å².